The Hall–Kier alpha value is -2.38. The maximum atomic E-state index is 13.7. The second-order valence-corrected chi connectivity index (χ2v) is 6.27. The van der Waals surface area contributed by atoms with Crippen LogP contribution < -0.4 is 16.0 Å². The van der Waals surface area contributed by atoms with Gasteiger partial charge in [-0.3, -0.25) is 4.79 Å². The molecule has 0 amide bonds. The molecule has 9 heteroatoms. The summed E-state index contributed by atoms with van der Waals surface area (Å²) in [5, 5.41) is -0.606. The number of nitrogens with one attached hydrogen (secondary N) is 1. The number of pyridine rings is 1. The average molecular weight is 403 g/mol. The van der Waals surface area contributed by atoms with E-state index in [0.29, 0.717) is 0 Å². The van der Waals surface area contributed by atoms with Gasteiger partial charge < -0.3 is 15.5 Å². The van der Waals surface area contributed by atoms with Gasteiger partial charge in [0.2, 0.25) is 0 Å². The molecule has 3 aromatic rings. The summed E-state index contributed by atoms with van der Waals surface area (Å²) in [5.41, 5.74) is 3.59. The van der Waals surface area contributed by atoms with Gasteiger partial charge >= 0.3 is 6.18 Å². The SMILES string of the molecule is COc1ccc(Cl)cc1-c1c(N)c(=O)[nH]c2ccc(Cl)c(C(F)(F)F)c12. The minimum atomic E-state index is -4.78. The second-order valence-electron chi connectivity index (χ2n) is 5.43. The first-order valence-electron chi connectivity index (χ1n) is 7.20. The Bertz CT molecular complexity index is 1080. The molecular formula is C17H11Cl2F3N2O2. The number of methoxy groups -OCH3 is 1. The second kappa shape index (κ2) is 6.41. The lowest BCUT2D eigenvalue weighted by molar-refractivity contribution is -0.136. The Balaban J connectivity index is 2.61. The van der Waals surface area contributed by atoms with Crippen LogP contribution in [0.2, 0.25) is 10.0 Å². The fourth-order valence-electron chi connectivity index (χ4n) is 2.81. The summed E-state index contributed by atoms with van der Waals surface area (Å²) in [7, 11) is 1.34. The van der Waals surface area contributed by atoms with Crippen molar-refractivity contribution >= 4 is 39.8 Å². The van der Waals surface area contributed by atoms with Crippen molar-refractivity contribution in [3.8, 4) is 16.9 Å². The molecule has 0 bridgehead atoms. The largest absolute Gasteiger partial charge is 0.496 e. The summed E-state index contributed by atoms with van der Waals surface area (Å²) < 4.78 is 46.3. The van der Waals surface area contributed by atoms with Crippen molar-refractivity contribution in [1.29, 1.82) is 0 Å². The van der Waals surface area contributed by atoms with Crippen LogP contribution in [0.4, 0.5) is 18.9 Å². The van der Waals surface area contributed by atoms with Gasteiger partial charge in [-0.05, 0) is 30.3 Å². The van der Waals surface area contributed by atoms with Gasteiger partial charge in [0, 0.05) is 27.1 Å². The molecule has 26 heavy (non-hydrogen) atoms. The van der Waals surface area contributed by atoms with Crippen LogP contribution in [0.25, 0.3) is 22.0 Å². The minimum absolute atomic E-state index is 0.0575. The number of benzene rings is 2. The number of hydrogen-bond acceptors (Lipinski definition) is 3. The number of halogens is 5. The zero-order valence-corrected chi connectivity index (χ0v) is 14.7. The minimum Gasteiger partial charge on any atom is -0.496 e. The number of hydrogen-bond donors (Lipinski definition) is 2. The van der Waals surface area contributed by atoms with Crippen LogP contribution in [0.1, 0.15) is 5.56 Å². The zero-order chi connectivity index (χ0) is 19.2. The molecule has 0 unspecified atom stereocenters. The molecule has 136 valence electrons. The molecule has 2 aromatic carbocycles. The number of aromatic nitrogens is 1. The summed E-state index contributed by atoms with van der Waals surface area (Å²) in [6.07, 6.45) is -4.78. The molecule has 4 nitrogen and oxygen atoms in total. The smallest absolute Gasteiger partial charge is 0.418 e. The molecular weight excluding hydrogens is 392 g/mol. The molecule has 1 heterocycles. The van der Waals surface area contributed by atoms with E-state index < -0.39 is 28.0 Å². The number of fused-ring (bicyclic) bond motifs is 1. The van der Waals surface area contributed by atoms with E-state index in [1.54, 1.807) is 0 Å². The molecule has 0 aliphatic rings. The van der Waals surface area contributed by atoms with Crippen molar-refractivity contribution in [2.75, 3.05) is 12.8 Å². The molecule has 0 atom stereocenters. The van der Waals surface area contributed by atoms with Gasteiger partial charge in [0.05, 0.1) is 17.7 Å². The quantitative estimate of drug-likeness (QED) is 0.625. The first kappa shape index (κ1) is 18.4. The number of rotatable bonds is 2. The number of alkyl halides is 3. The van der Waals surface area contributed by atoms with E-state index in [1.807, 2.05) is 0 Å². The highest BCUT2D eigenvalue weighted by Gasteiger charge is 2.37. The lowest BCUT2D eigenvalue weighted by Crippen LogP contribution is -2.16. The summed E-state index contributed by atoms with van der Waals surface area (Å²) in [6.45, 7) is 0. The standard InChI is InChI=1S/C17H11Cl2F3N2O2/c1-26-11-5-2-7(18)6-8(11)12-13-10(24-16(25)15(12)23)4-3-9(19)14(13)17(20,21)22/h2-6H,23H2,1H3,(H,24,25). The fourth-order valence-corrected chi connectivity index (χ4v) is 3.25. The van der Waals surface area contributed by atoms with Crippen LogP contribution in [0.5, 0.6) is 5.75 Å². The first-order valence-corrected chi connectivity index (χ1v) is 7.95. The van der Waals surface area contributed by atoms with Crippen LogP contribution in [0, 0.1) is 0 Å². The average Bonchev–Trinajstić information content (AvgIpc) is 2.55. The molecule has 0 radical (unpaired) electrons. The highest BCUT2D eigenvalue weighted by Crippen LogP contribution is 2.46. The van der Waals surface area contributed by atoms with Crippen molar-refractivity contribution < 1.29 is 17.9 Å². The summed E-state index contributed by atoms with van der Waals surface area (Å²) >= 11 is 11.8. The Morgan fingerprint density at radius 1 is 1.15 bits per heavy atom. The monoisotopic (exact) mass is 402 g/mol. The summed E-state index contributed by atoms with van der Waals surface area (Å²) in [6, 6.07) is 6.72. The van der Waals surface area contributed by atoms with Gasteiger partial charge in [-0.15, -0.1) is 0 Å². The number of ether oxygens (including phenoxy) is 1. The summed E-state index contributed by atoms with van der Waals surface area (Å²) in [4.78, 5) is 14.5. The maximum Gasteiger partial charge on any atom is 0.418 e. The predicted molar refractivity (Wildman–Crippen MR) is 96.0 cm³/mol. The van der Waals surface area contributed by atoms with Gasteiger partial charge in [-0.2, -0.15) is 13.2 Å². The van der Waals surface area contributed by atoms with Crippen LogP contribution in [0.3, 0.4) is 0 Å². The zero-order valence-electron chi connectivity index (χ0n) is 13.2. The fraction of sp³-hybridized carbons (Fsp3) is 0.118. The molecule has 0 aliphatic carbocycles. The molecule has 0 saturated heterocycles. The lowest BCUT2D eigenvalue weighted by atomic mass is 9.95. The number of nitrogens with two attached hydrogens (primary N) is 1. The van der Waals surface area contributed by atoms with Gasteiger partial charge in [0.15, 0.2) is 0 Å². The lowest BCUT2D eigenvalue weighted by Gasteiger charge is -2.18. The van der Waals surface area contributed by atoms with Gasteiger partial charge in [-0.1, -0.05) is 23.2 Å². The number of aromatic amines is 1. The van der Waals surface area contributed by atoms with Crippen molar-refractivity contribution in [3.05, 3.63) is 56.3 Å². The van der Waals surface area contributed by atoms with E-state index in [9.17, 15) is 18.0 Å². The van der Waals surface area contributed by atoms with Crippen LogP contribution in [-0.2, 0) is 6.18 Å². The molecule has 0 saturated carbocycles. The van der Waals surface area contributed by atoms with Crippen molar-refractivity contribution in [2.24, 2.45) is 0 Å². The van der Waals surface area contributed by atoms with Gasteiger partial charge in [0.25, 0.3) is 5.56 Å². The van der Waals surface area contributed by atoms with E-state index >= 15 is 0 Å². The third kappa shape index (κ3) is 2.97. The van der Waals surface area contributed by atoms with Crippen LogP contribution in [-0.4, -0.2) is 12.1 Å². The van der Waals surface area contributed by atoms with E-state index in [4.69, 9.17) is 33.7 Å². The normalized spacial score (nSPS) is 11.8. The Kier molecular flexibility index (Phi) is 4.54. The number of anilines is 1. The van der Waals surface area contributed by atoms with Crippen LogP contribution in [0.15, 0.2) is 35.1 Å². The molecule has 0 spiro atoms. The highest BCUT2D eigenvalue weighted by molar-refractivity contribution is 6.33. The van der Waals surface area contributed by atoms with Gasteiger partial charge in [0.1, 0.15) is 11.4 Å². The molecule has 0 fully saturated rings. The predicted octanol–water partition coefficient (Wildman–Crippen LogP) is 5.11. The molecule has 3 N–H and O–H groups in total. The van der Waals surface area contributed by atoms with Crippen molar-refractivity contribution in [1.82, 2.24) is 4.98 Å². The third-order valence-electron chi connectivity index (χ3n) is 3.88. The molecule has 0 aliphatic heterocycles. The first-order chi connectivity index (χ1) is 12.1. The highest BCUT2D eigenvalue weighted by atomic mass is 35.5. The topological polar surface area (TPSA) is 68.1 Å². The van der Waals surface area contributed by atoms with E-state index in [-0.39, 0.29) is 32.8 Å². The Morgan fingerprint density at radius 3 is 2.46 bits per heavy atom. The Morgan fingerprint density at radius 2 is 1.85 bits per heavy atom. The van der Waals surface area contributed by atoms with Gasteiger partial charge in [-0.25, -0.2) is 0 Å². The molecule has 3 rings (SSSR count). The number of nitrogen functional groups attached to an aromatic ring is 1. The van der Waals surface area contributed by atoms with Crippen molar-refractivity contribution in [2.45, 2.75) is 6.18 Å². The van der Waals surface area contributed by atoms with E-state index in [2.05, 4.69) is 4.98 Å². The summed E-state index contributed by atoms with van der Waals surface area (Å²) in [5.74, 6) is 0.209. The molecule has 1 aromatic heterocycles. The maximum absolute atomic E-state index is 13.7. The van der Waals surface area contributed by atoms with E-state index in [1.165, 1.54) is 31.4 Å². The van der Waals surface area contributed by atoms with Crippen molar-refractivity contribution in [3.63, 3.8) is 0 Å². The van der Waals surface area contributed by atoms with Crippen LogP contribution >= 0.6 is 23.2 Å². The Labute approximate surface area is 155 Å². The third-order valence-corrected chi connectivity index (χ3v) is 4.43. The van der Waals surface area contributed by atoms with E-state index in [0.717, 1.165) is 6.07 Å². The number of H-pyrrole nitrogens is 1.